The van der Waals surface area contributed by atoms with Crippen molar-refractivity contribution in [2.24, 2.45) is 0 Å². The van der Waals surface area contributed by atoms with Crippen LogP contribution in [0, 0.1) is 0 Å². The largest absolute Gasteiger partial charge is 0.378 e. The molecule has 3 heterocycles. The van der Waals surface area contributed by atoms with Gasteiger partial charge in [0.2, 0.25) is 11.8 Å². The molecule has 2 saturated heterocycles. The van der Waals surface area contributed by atoms with Crippen molar-refractivity contribution < 1.29 is 14.3 Å². The Hall–Kier alpha value is -2.06. The molecule has 1 aromatic heterocycles. The molecule has 0 bridgehead atoms. The zero-order valence-corrected chi connectivity index (χ0v) is 18.6. The monoisotopic (exact) mass is 430 g/mol. The first-order valence-electron chi connectivity index (χ1n) is 10.8. The van der Waals surface area contributed by atoms with Crippen LogP contribution in [0.15, 0.2) is 29.4 Å². The summed E-state index contributed by atoms with van der Waals surface area (Å²) < 4.78 is 7.31. The van der Waals surface area contributed by atoms with Crippen molar-refractivity contribution in [2.45, 2.75) is 56.9 Å². The molecule has 0 N–H and O–H groups in total. The summed E-state index contributed by atoms with van der Waals surface area (Å²) in [4.78, 5) is 34.4. The number of para-hydroxylation sites is 2. The summed E-state index contributed by atoms with van der Waals surface area (Å²) in [6.07, 6.45) is 3.28. The van der Waals surface area contributed by atoms with E-state index in [1.165, 1.54) is 18.2 Å². The van der Waals surface area contributed by atoms with Gasteiger partial charge in [0, 0.05) is 25.2 Å². The van der Waals surface area contributed by atoms with Crippen LogP contribution in [0.4, 0.5) is 0 Å². The van der Waals surface area contributed by atoms with Gasteiger partial charge in [0.25, 0.3) is 0 Å². The van der Waals surface area contributed by atoms with Crippen molar-refractivity contribution in [3.05, 3.63) is 24.3 Å². The Kier molecular flexibility index (Phi) is 6.63. The van der Waals surface area contributed by atoms with Gasteiger partial charge in [-0.05, 0) is 45.2 Å². The molecule has 2 fully saturated rings. The first-order chi connectivity index (χ1) is 14.5. The second-order valence-corrected chi connectivity index (χ2v) is 9.12. The minimum Gasteiger partial charge on any atom is -0.378 e. The molecule has 0 saturated carbocycles. The number of morpholine rings is 1. The summed E-state index contributed by atoms with van der Waals surface area (Å²) in [5, 5.41) is 0.725. The molecule has 8 heteroatoms. The van der Waals surface area contributed by atoms with Crippen LogP contribution in [-0.4, -0.2) is 75.3 Å². The van der Waals surface area contributed by atoms with Gasteiger partial charge in [0.05, 0.1) is 30.0 Å². The summed E-state index contributed by atoms with van der Waals surface area (Å²) in [7, 11) is 0. The number of rotatable bonds is 5. The molecule has 2 aliphatic rings. The molecule has 2 amide bonds. The Morgan fingerprint density at radius 2 is 1.80 bits per heavy atom. The first kappa shape index (κ1) is 21.2. The number of fused-ring (bicyclic) bond motifs is 1. The lowest BCUT2D eigenvalue weighted by atomic mass is 9.97. The SMILES string of the molecule is C[C@@H]1CCC[C@@H](C)N1C(=O)Cn1c(SCC(=O)N2CCOCC2)nc2ccccc21. The summed E-state index contributed by atoms with van der Waals surface area (Å²) in [5.74, 6) is 0.527. The standard InChI is InChI=1S/C22H30N4O3S/c1-16-6-5-7-17(2)26(16)20(27)14-25-19-9-4-3-8-18(19)23-22(25)30-15-21(28)24-10-12-29-13-11-24/h3-4,8-9,16-17H,5-7,10-15H2,1-2H3/t16-,17-/m1/s1. The average molecular weight is 431 g/mol. The van der Waals surface area contributed by atoms with Gasteiger partial charge in [-0.3, -0.25) is 9.59 Å². The predicted molar refractivity (Wildman–Crippen MR) is 117 cm³/mol. The van der Waals surface area contributed by atoms with Crippen LogP contribution in [0.2, 0.25) is 0 Å². The van der Waals surface area contributed by atoms with Gasteiger partial charge in [-0.25, -0.2) is 4.98 Å². The van der Waals surface area contributed by atoms with Crippen molar-refractivity contribution in [3.8, 4) is 0 Å². The van der Waals surface area contributed by atoms with E-state index in [0.29, 0.717) is 32.1 Å². The topological polar surface area (TPSA) is 67.7 Å². The minimum absolute atomic E-state index is 0.0894. The van der Waals surface area contributed by atoms with Gasteiger partial charge in [-0.15, -0.1) is 0 Å². The van der Waals surface area contributed by atoms with Gasteiger partial charge >= 0.3 is 0 Å². The Labute approximate surface area is 181 Å². The van der Waals surface area contributed by atoms with Crippen molar-refractivity contribution in [1.29, 1.82) is 0 Å². The van der Waals surface area contributed by atoms with E-state index in [0.717, 1.165) is 29.0 Å². The van der Waals surface area contributed by atoms with Gasteiger partial charge in [-0.1, -0.05) is 23.9 Å². The zero-order chi connectivity index (χ0) is 21.1. The molecule has 162 valence electrons. The van der Waals surface area contributed by atoms with Crippen LogP contribution in [0.1, 0.15) is 33.1 Å². The maximum Gasteiger partial charge on any atom is 0.243 e. The van der Waals surface area contributed by atoms with Crippen molar-refractivity contribution in [3.63, 3.8) is 0 Å². The third-order valence-electron chi connectivity index (χ3n) is 6.08. The van der Waals surface area contributed by atoms with Crippen molar-refractivity contribution in [2.75, 3.05) is 32.1 Å². The van der Waals surface area contributed by atoms with Crippen LogP contribution in [0.5, 0.6) is 0 Å². The molecule has 2 aliphatic heterocycles. The molecule has 7 nitrogen and oxygen atoms in total. The maximum atomic E-state index is 13.2. The lowest BCUT2D eigenvalue weighted by Gasteiger charge is -2.39. The molecule has 2 atom stereocenters. The third kappa shape index (κ3) is 4.49. The number of benzene rings is 1. The molecule has 2 aromatic rings. The first-order valence-corrected chi connectivity index (χ1v) is 11.8. The lowest BCUT2D eigenvalue weighted by Crippen LogP contribution is -2.48. The van der Waals surface area contributed by atoms with E-state index in [1.54, 1.807) is 0 Å². The fraction of sp³-hybridized carbons (Fsp3) is 0.591. The minimum atomic E-state index is 0.0894. The number of imidazole rings is 1. The number of likely N-dealkylation sites (tertiary alicyclic amines) is 1. The predicted octanol–water partition coefficient (Wildman–Crippen LogP) is 2.78. The molecular formula is C22H30N4O3S. The third-order valence-corrected chi connectivity index (χ3v) is 7.04. The van der Waals surface area contributed by atoms with Gasteiger partial charge < -0.3 is 19.1 Å². The number of hydrogen-bond acceptors (Lipinski definition) is 5. The van der Waals surface area contributed by atoms with Crippen LogP contribution >= 0.6 is 11.8 Å². The molecule has 0 spiro atoms. The molecule has 1 aromatic carbocycles. The molecule has 4 rings (SSSR count). The number of hydrogen-bond donors (Lipinski definition) is 0. The number of carbonyl (C=O) groups excluding carboxylic acids is 2. The molecule has 30 heavy (non-hydrogen) atoms. The quantitative estimate of drug-likeness (QED) is 0.683. The summed E-state index contributed by atoms with van der Waals surface area (Å²) in [6, 6.07) is 8.38. The number of aromatic nitrogens is 2. The molecular weight excluding hydrogens is 400 g/mol. The summed E-state index contributed by atoms with van der Waals surface area (Å²) in [6.45, 7) is 6.99. The van der Waals surface area contributed by atoms with Crippen molar-refractivity contribution in [1.82, 2.24) is 19.4 Å². The normalized spacial score (nSPS) is 22.5. The highest BCUT2D eigenvalue weighted by molar-refractivity contribution is 7.99. The maximum absolute atomic E-state index is 13.2. The molecule has 0 radical (unpaired) electrons. The Morgan fingerprint density at radius 3 is 2.53 bits per heavy atom. The second-order valence-electron chi connectivity index (χ2n) is 8.18. The number of piperidine rings is 1. The Balaban J connectivity index is 1.53. The van der Waals surface area contributed by atoms with Crippen LogP contribution in [0.3, 0.4) is 0 Å². The van der Waals surface area contributed by atoms with Gasteiger partial charge in [0.15, 0.2) is 5.16 Å². The van der Waals surface area contributed by atoms with Crippen LogP contribution in [-0.2, 0) is 20.9 Å². The number of carbonyl (C=O) groups is 2. The highest BCUT2D eigenvalue weighted by atomic mass is 32.2. The van der Waals surface area contributed by atoms with Crippen molar-refractivity contribution >= 4 is 34.6 Å². The number of ether oxygens (including phenoxy) is 1. The number of amides is 2. The summed E-state index contributed by atoms with van der Waals surface area (Å²) in [5.41, 5.74) is 1.79. The van der Waals surface area contributed by atoms with Gasteiger partial charge in [0.1, 0.15) is 6.54 Å². The van der Waals surface area contributed by atoms with E-state index in [-0.39, 0.29) is 30.4 Å². The van der Waals surface area contributed by atoms with E-state index >= 15 is 0 Å². The van der Waals surface area contributed by atoms with Gasteiger partial charge in [-0.2, -0.15) is 0 Å². The lowest BCUT2D eigenvalue weighted by molar-refractivity contribution is -0.138. The highest BCUT2D eigenvalue weighted by Crippen LogP contribution is 2.27. The zero-order valence-electron chi connectivity index (χ0n) is 17.7. The van der Waals surface area contributed by atoms with E-state index in [2.05, 4.69) is 13.8 Å². The van der Waals surface area contributed by atoms with E-state index in [9.17, 15) is 9.59 Å². The highest BCUT2D eigenvalue weighted by Gasteiger charge is 2.30. The fourth-order valence-electron chi connectivity index (χ4n) is 4.48. The smallest absolute Gasteiger partial charge is 0.243 e. The number of thioether (sulfide) groups is 1. The Morgan fingerprint density at radius 1 is 1.10 bits per heavy atom. The average Bonchev–Trinajstić information content (AvgIpc) is 3.10. The van der Waals surface area contributed by atoms with Crippen LogP contribution < -0.4 is 0 Å². The van der Waals surface area contributed by atoms with E-state index in [4.69, 9.17) is 9.72 Å². The second kappa shape index (κ2) is 9.39. The number of nitrogens with zero attached hydrogens (tertiary/aromatic N) is 4. The Bertz CT molecular complexity index is 899. The molecule has 0 aliphatic carbocycles. The van der Waals surface area contributed by atoms with E-state index < -0.39 is 0 Å². The van der Waals surface area contributed by atoms with E-state index in [1.807, 2.05) is 38.6 Å². The fourth-order valence-corrected chi connectivity index (χ4v) is 5.39. The molecule has 0 unspecified atom stereocenters. The van der Waals surface area contributed by atoms with Crippen LogP contribution in [0.25, 0.3) is 11.0 Å². The summed E-state index contributed by atoms with van der Waals surface area (Å²) >= 11 is 1.41.